The minimum atomic E-state index is -0.643. The summed E-state index contributed by atoms with van der Waals surface area (Å²) >= 11 is 0. The standard InChI is InChI=1S/C13H21NO2/c15-13(16)10-11-6-8-14(9-7-11)12-4-2-1-3-5-12/h2,4,11-12H,1,3,5-10H2,(H,15,16). The van der Waals surface area contributed by atoms with Crippen LogP contribution in [0.1, 0.15) is 38.5 Å². The molecule has 1 saturated heterocycles. The van der Waals surface area contributed by atoms with Gasteiger partial charge in [-0.2, -0.15) is 0 Å². The first kappa shape index (κ1) is 11.6. The van der Waals surface area contributed by atoms with Crippen LogP contribution in [-0.4, -0.2) is 35.1 Å². The number of hydrogen-bond donors (Lipinski definition) is 1. The van der Waals surface area contributed by atoms with Crippen molar-refractivity contribution in [3.05, 3.63) is 12.2 Å². The Morgan fingerprint density at radius 3 is 2.62 bits per heavy atom. The fraction of sp³-hybridized carbons (Fsp3) is 0.769. The van der Waals surface area contributed by atoms with Crippen molar-refractivity contribution in [3.8, 4) is 0 Å². The van der Waals surface area contributed by atoms with Crippen molar-refractivity contribution in [1.82, 2.24) is 4.90 Å². The molecule has 1 N–H and O–H groups in total. The molecule has 0 amide bonds. The molecule has 1 unspecified atom stereocenters. The Labute approximate surface area is 97.1 Å². The molecule has 90 valence electrons. The van der Waals surface area contributed by atoms with E-state index in [-0.39, 0.29) is 0 Å². The number of aliphatic carboxylic acids is 1. The topological polar surface area (TPSA) is 40.5 Å². The van der Waals surface area contributed by atoms with Gasteiger partial charge in [-0.1, -0.05) is 12.2 Å². The average Bonchev–Trinajstić information content (AvgIpc) is 2.30. The highest BCUT2D eigenvalue weighted by Gasteiger charge is 2.25. The normalized spacial score (nSPS) is 28.1. The summed E-state index contributed by atoms with van der Waals surface area (Å²) in [5.41, 5.74) is 0. The average molecular weight is 223 g/mol. The van der Waals surface area contributed by atoms with E-state index in [0.29, 0.717) is 18.4 Å². The van der Waals surface area contributed by atoms with Crippen LogP contribution in [0, 0.1) is 5.92 Å². The summed E-state index contributed by atoms with van der Waals surface area (Å²) < 4.78 is 0. The highest BCUT2D eigenvalue weighted by atomic mass is 16.4. The van der Waals surface area contributed by atoms with Crippen molar-refractivity contribution in [2.24, 2.45) is 5.92 Å². The smallest absolute Gasteiger partial charge is 0.303 e. The third-order valence-corrected chi connectivity index (χ3v) is 3.81. The maximum Gasteiger partial charge on any atom is 0.303 e. The number of likely N-dealkylation sites (tertiary alicyclic amines) is 1. The zero-order chi connectivity index (χ0) is 11.4. The van der Waals surface area contributed by atoms with Gasteiger partial charge in [0.1, 0.15) is 0 Å². The molecule has 2 aliphatic rings. The number of carboxylic acid groups (broad SMARTS) is 1. The van der Waals surface area contributed by atoms with Crippen LogP contribution in [0.3, 0.4) is 0 Å². The first-order valence-corrected chi connectivity index (χ1v) is 6.38. The number of piperidine rings is 1. The lowest BCUT2D eigenvalue weighted by atomic mass is 9.91. The maximum absolute atomic E-state index is 10.6. The predicted molar refractivity (Wildman–Crippen MR) is 63.3 cm³/mol. The second-order valence-corrected chi connectivity index (χ2v) is 5.00. The minimum Gasteiger partial charge on any atom is -0.481 e. The SMILES string of the molecule is O=C(O)CC1CCN(C2C=CCCC2)CC1. The third kappa shape index (κ3) is 3.08. The first-order chi connectivity index (χ1) is 7.75. The lowest BCUT2D eigenvalue weighted by Crippen LogP contribution is -2.41. The highest BCUT2D eigenvalue weighted by Crippen LogP contribution is 2.25. The van der Waals surface area contributed by atoms with Crippen molar-refractivity contribution >= 4 is 5.97 Å². The van der Waals surface area contributed by atoms with Crippen LogP contribution in [0.15, 0.2) is 12.2 Å². The van der Waals surface area contributed by atoms with Crippen LogP contribution in [0.4, 0.5) is 0 Å². The van der Waals surface area contributed by atoms with E-state index in [0.717, 1.165) is 25.9 Å². The molecular formula is C13H21NO2. The molecule has 2 rings (SSSR count). The number of carbonyl (C=O) groups is 1. The van der Waals surface area contributed by atoms with E-state index in [4.69, 9.17) is 5.11 Å². The van der Waals surface area contributed by atoms with Gasteiger partial charge in [-0.15, -0.1) is 0 Å². The van der Waals surface area contributed by atoms with Gasteiger partial charge in [-0.3, -0.25) is 9.69 Å². The van der Waals surface area contributed by atoms with Gasteiger partial charge in [0.25, 0.3) is 0 Å². The quantitative estimate of drug-likeness (QED) is 0.746. The van der Waals surface area contributed by atoms with Crippen LogP contribution in [0.5, 0.6) is 0 Å². The molecule has 0 bridgehead atoms. The van der Waals surface area contributed by atoms with Gasteiger partial charge < -0.3 is 5.11 Å². The fourth-order valence-electron chi connectivity index (χ4n) is 2.83. The van der Waals surface area contributed by atoms with Gasteiger partial charge in [0.2, 0.25) is 0 Å². The van der Waals surface area contributed by atoms with Gasteiger partial charge in [0.05, 0.1) is 0 Å². The van der Waals surface area contributed by atoms with Gasteiger partial charge in [-0.05, 0) is 51.1 Å². The summed E-state index contributed by atoms with van der Waals surface area (Å²) in [7, 11) is 0. The summed E-state index contributed by atoms with van der Waals surface area (Å²) in [6.07, 6.45) is 10.9. The van der Waals surface area contributed by atoms with Crippen molar-refractivity contribution in [1.29, 1.82) is 0 Å². The number of rotatable bonds is 3. The highest BCUT2D eigenvalue weighted by molar-refractivity contribution is 5.67. The van der Waals surface area contributed by atoms with Crippen LogP contribution in [0.2, 0.25) is 0 Å². The molecule has 1 aliphatic heterocycles. The molecule has 0 saturated carbocycles. The van der Waals surface area contributed by atoms with Crippen molar-refractivity contribution in [2.75, 3.05) is 13.1 Å². The predicted octanol–water partition coefficient (Wildman–Crippen LogP) is 2.28. The van der Waals surface area contributed by atoms with E-state index in [9.17, 15) is 4.79 Å². The fourth-order valence-corrected chi connectivity index (χ4v) is 2.83. The Hall–Kier alpha value is -0.830. The second-order valence-electron chi connectivity index (χ2n) is 5.00. The zero-order valence-electron chi connectivity index (χ0n) is 9.77. The van der Waals surface area contributed by atoms with Crippen molar-refractivity contribution < 1.29 is 9.90 Å². The molecular weight excluding hydrogens is 202 g/mol. The number of nitrogens with zero attached hydrogens (tertiary/aromatic N) is 1. The molecule has 0 spiro atoms. The Bertz CT molecular complexity index is 267. The largest absolute Gasteiger partial charge is 0.481 e. The van der Waals surface area contributed by atoms with E-state index < -0.39 is 5.97 Å². The van der Waals surface area contributed by atoms with E-state index in [1.807, 2.05) is 0 Å². The lowest BCUT2D eigenvalue weighted by Gasteiger charge is -2.37. The van der Waals surface area contributed by atoms with E-state index in [2.05, 4.69) is 17.1 Å². The molecule has 0 aromatic carbocycles. The monoisotopic (exact) mass is 223 g/mol. The zero-order valence-corrected chi connectivity index (χ0v) is 9.77. The summed E-state index contributed by atoms with van der Waals surface area (Å²) in [4.78, 5) is 13.1. The van der Waals surface area contributed by atoms with Gasteiger partial charge >= 0.3 is 5.97 Å². The van der Waals surface area contributed by atoms with Crippen molar-refractivity contribution in [2.45, 2.75) is 44.6 Å². The van der Waals surface area contributed by atoms with Crippen LogP contribution in [-0.2, 0) is 4.79 Å². The minimum absolute atomic E-state index is 0.356. The molecule has 0 aromatic heterocycles. The van der Waals surface area contributed by atoms with Crippen molar-refractivity contribution in [3.63, 3.8) is 0 Å². The Morgan fingerprint density at radius 2 is 2.06 bits per heavy atom. The van der Waals surface area contributed by atoms with E-state index in [1.54, 1.807) is 0 Å². The van der Waals surface area contributed by atoms with Crippen LogP contribution >= 0.6 is 0 Å². The third-order valence-electron chi connectivity index (χ3n) is 3.81. The molecule has 1 heterocycles. The molecule has 1 aliphatic carbocycles. The molecule has 16 heavy (non-hydrogen) atoms. The van der Waals surface area contributed by atoms with Gasteiger partial charge in [-0.25, -0.2) is 0 Å². The van der Waals surface area contributed by atoms with Crippen LogP contribution < -0.4 is 0 Å². The molecule has 3 heteroatoms. The molecule has 0 aromatic rings. The number of hydrogen-bond acceptors (Lipinski definition) is 2. The molecule has 0 radical (unpaired) electrons. The van der Waals surface area contributed by atoms with Gasteiger partial charge in [0.15, 0.2) is 0 Å². The lowest BCUT2D eigenvalue weighted by molar-refractivity contribution is -0.138. The van der Waals surface area contributed by atoms with Crippen LogP contribution in [0.25, 0.3) is 0 Å². The molecule has 1 atom stereocenters. The molecule has 3 nitrogen and oxygen atoms in total. The van der Waals surface area contributed by atoms with E-state index >= 15 is 0 Å². The summed E-state index contributed by atoms with van der Waals surface area (Å²) in [5, 5.41) is 8.76. The van der Waals surface area contributed by atoms with Gasteiger partial charge in [0, 0.05) is 12.5 Å². The molecule has 1 fully saturated rings. The Morgan fingerprint density at radius 1 is 1.31 bits per heavy atom. The first-order valence-electron chi connectivity index (χ1n) is 6.38. The Kier molecular flexibility index (Phi) is 3.99. The summed E-state index contributed by atoms with van der Waals surface area (Å²) in [5.74, 6) is -0.239. The summed E-state index contributed by atoms with van der Waals surface area (Å²) in [6.45, 7) is 2.15. The van der Waals surface area contributed by atoms with E-state index in [1.165, 1.54) is 19.3 Å². The summed E-state index contributed by atoms with van der Waals surface area (Å²) in [6, 6.07) is 0.625. The maximum atomic E-state index is 10.6. The Balaban J connectivity index is 1.78. The second kappa shape index (κ2) is 5.48. The number of allylic oxidation sites excluding steroid dienone is 1. The number of carboxylic acids is 1.